The van der Waals surface area contributed by atoms with E-state index in [4.69, 9.17) is 5.11 Å². The van der Waals surface area contributed by atoms with Gasteiger partial charge in [0.1, 0.15) is 6.04 Å². The normalized spacial score (nSPS) is 17.9. The summed E-state index contributed by atoms with van der Waals surface area (Å²) in [6.45, 7) is 4.41. The maximum atomic E-state index is 12.1. The van der Waals surface area contributed by atoms with Gasteiger partial charge in [0, 0.05) is 12.5 Å². The number of carboxylic acid groups (broad SMARTS) is 1. The Morgan fingerprint density at radius 1 is 1.27 bits per heavy atom. The highest BCUT2D eigenvalue weighted by Crippen LogP contribution is 2.19. The van der Waals surface area contributed by atoms with Gasteiger partial charge in [-0.25, -0.2) is 4.79 Å². The number of benzene rings is 1. The van der Waals surface area contributed by atoms with E-state index in [0.717, 1.165) is 32.5 Å². The molecule has 22 heavy (non-hydrogen) atoms. The van der Waals surface area contributed by atoms with Crippen LogP contribution in [-0.4, -0.2) is 41.0 Å². The van der Waals surface area contributed by atoms with Crippen LogP contribution in [0, 0.1) is 5.92 Å². The predicted molar refractivity (Wildman–Crippen MR) is 84.3 cm³/mol. The molecule has 0 aromatic heterocycles. The van der Waals surface area contributed by atoms with Gasteiger partial charge in [-0.05, 0) is 37.9 Å². The zero-order valence-corrected chi connectivity index (χ0v) is 13.0. The van der Waals surface area contributed by atoms with Gasteiger partial charge in [-0.15, -0.1) is 0 Å². The zero-order valence-electron chi connectivity index (χ0n) is 13.0. The zero-order chi connectivity index (χ0) is 15.9. The quantitative estimate of drug-likeness (QED) is 0.842. The van der Waals surface area contributed by atoms with Gasteiger partial charge >= 0.3 is 5.97 Å². The molecule has 1 fully saturated rings. The molecular formula is C17H24N2O3. The van der Waals surface area contributed by atoms with Crippen molar-refractivity contribution < 1.29 is 14.7 Å². The monoisotopic (exact) mass is 304 g/mol. The number of aliphatic carboxylic acids is 1. The molecular weight excluding hydrogens is 280 g/mol. The summed E-state index contributed by atoms with van der Waals surface area (Å²) in [5.74, 6) is -1.15. The first-order valence-electron chi connectivity index (χ1n) is 7.89. The topological polar surface area (TPSA) is 69.6 Å². The average molecular weight is 304 g/mol. The number of carboxylic acids is 1. The van der Waals surface area contributed by atoms with Crippen LogP contribution in [0.1, 0.15) is 31.7 Å². The van der Waals surface area contributed by atoms with Crippen LogP contribution in [0.3, 0.4) is 0 Å². The van der Waals surface area contributed by atoms with Crippen LogP contribution in [0.15, 0.2) is 30.3 Å². The summed E-state index contributed by atoms with van der Waals surface area (Å²) < 4.78 is 0. The van der Waals surface area contributed by atoms with Gasteiger partial charge in [0.15, 0.2) is 0 Å². The molecule has 1 aliphatic rings. The molecule has 0 saturated carbocycles. The molecule has 5 heteroatoms. The molecule has 1 heterocycles. The van der Waals surface area contributed by atoms with E-state index in [1.54, 1.807) is 6.92 Å². The molecule has 1 aliphatic heterocycles. The fourth-order valence-electron chi connectivity index (χ4n) is 2.82. The Balaban J connectivity index is 1.79. The fraction of sp³-hybridized carbons (Fsp3) is 0.529. The van der Waals surface area contributed by atoms with Crippen LogP contribution >= 0.6 is 0 Å². The lowest BCUT2D eigenvalue weighted by Crippen LogP contribution is -2.46. The number of rotatable bonds is 6. The molecule has 120 valence electrons. The van der Waals surface area contributed by atoms with Gasteiger partial charge in [-0.1, -0.05) is 37.3 Å². The second-order valence-corrected chi connectivity index (χ2v) is 5.84. The molecule has 1 aromatic carbocycles. The number of nitrogens with zero attached hydrogens (tertiary/aromatic N) is 1. The molecule has 1 unspecified atom stereocenters. The van der Waals surface area contributed by atoms with E-state index < -0.39 is 12.0 Å². The minimum absolute atomic E-state index is 0.0691. The van der Waals surface area contributed by atoms with E-state index in [1.165, 1.54) is 5.56 Å². The largest absolute Gasteiger partial charge is 0.480 e. The Bertz CT molecular complexity index is 496. The van der Waals surface area contributed by atoms with Crippen LogP contribution in [0.2, 0.25) is 0 Å². The van der Waals surface area contributed by atoms with Crippen molar-refractivity contribution in [3.05, 3.63) is 35.9 Å². The van der Waals surface area contributed by atoms with Gasteiger partial charge < -0.3 is 10.4 Å². The van der Waals surface area contributed by atoms with E-state index in [-0.39, 0.29) is 11.8 Å². The number of piperidine rings is 1. The molecule has 0 bridgehead atoms. The minimum Gasteiger partial charge on any atom is -0.480 e. The molecule has 2 rings (SSSR count). The summed E-state index contributed by atoms with van der Waals surface area (Å²) in [7, 11) is 0. The molecule has 1 atom stereocenters. The highest BCUT2D eigenvalue weighted by atomic mass is 16.4. The number of nitrogens with one attached hydrogen (secondary N) is 1. The lowest BCUT2D eigenvalue weighted by Gasteiger charge is -2.31. The van der Waals surface area contributed by atoms with Crippen molar-refractivity contribution in [3.63, 3.8) is 0 Å². The Labute approximate surface area is 131 Å². The lowest BCUT2D eigenvalue weighted by atomic mass is 9.95. The van der Waals surface area contributed by atoms with Crippen LogP contribution in [0.5, 0.6) is 0 Å². The molecule has 1 aromatic rings. The van der Waals surface area contributed by atoms with Crippen LogP contribution in [-0.2, 0) is 16.1 Å². The first-order valence-corrected chi connectivity index (χ1v) is 7.89. The van der Waals surface area contributed by atoms with Crippen LogP contribution < -0.4 is 5.32 Å². The van der Waals surface area contributed by atoms with Crippen molar-refractivity contribution >= 4 is 11.9 Å². The Morgan fingerprint density at radius 3 is 2.45 bits per heavy atom. The third-order valence-corrected chi connectivity index (χ3v) is 4.23. The number of likely N-dealkylation sites (tertiary alicyclic amines) is 1. The number of hydrogen-bond donors (Lipinski definition) is 2. The predicted octanol–water partition coefficient (Wildman–Crippen LogP) is 1.88. The van der Waals surface area contributed by atoms with E-state index in [2.05, 4.69) is 22.3 Å². The standard InChI is InChI=1S/C17H24N2O3/c1-2-15(17(21)22)18-16(20)14-8-10-19(11-9-14)12-13-6-4-3-5-7-13/h3-7,14-15H,2,8-12H2,1H3,(H,18,20)(H,21,22). The molecule has 5 nitrogen and oxygen atoms in total. The van der Waals surface area contributed by atoms with E-state index >= 15 is 0 Å². The average Bonchev–Trinajstić information content (AvgIpc) is 2.53. The minimum atomic E-state index is -0.961. The van der Waals surface area contributed by atoms with Gasteiger partial charge in [-0.2, -0.15) is 0 Å². The maximum Gasteiger partial charge on any atom is 0.326 e. The summed E-state index contributed by atoms with van der Waals surface area (Å²) in [6.07, 6.45) is 1.98. The van der Waals surface area contributed by atoms with Gasteiger partial charge in [0.2, 0.25) is 5.91 Å². The second kappa shape index (κ2) is 7.94. The fourth-order valence-corrected chi connectivity index (χ4v) is 2.82. The van der Waals surface area contributed by atoms with E-state index in [1.807, 2.05) is 18.2 Å². The van der Waals surface area contributed by atoms with Gasteiger partial charge in [-0.3, -0.25) is 9.69 Å². The number of carbonyl (C=O) groups excluding carboxylic acids is 1. The summed E-state index contributed by atoms with van der Waals surface area (Å²) in [6, 6.07) is 9.52. The van der Waals surface area contributed by atoms with Crippen LogP contribution in [0.4, 0.5) is 0 Å². The molecule has 2 N–H and O–H groups in total. The lowest BCUT2D eigenvalue weighted by molar-refractivity contribution is -0.142. The highest BCUT2D eigenvalue weighted by molar-refractivity contribution is 5.84. The SMILES string of the molecule is CCC(NC(=O)C1CCN(Cc2ccccc2)CC1)C(=O)O. The van der Waals surface area contributed by atoms with Crippen molar-refractivity contribution in [2.45, 2.75) is 38.8 Å². The highest BCUT2D eigenvalue weighted by Gasteiger charge is 2.27. The van der Waals surface area contributed by atoms with E-state index in [9.17, 15) is 9.59 Å². The Morgan fingerprint density at radius 2 is 1.91 bits per heavy atom. The molecule has 1 amide bonds. The first-order chi connectivity index (χ1) is 10.6. The number of hydrogen-bond acceptors (Lipinski definition) is 3. The third-order valence-electron chi connectivity index (χ3n) is 4.23. The molecule has 0 radical (unpaired) electrons. The summed E-state index contributed by atoms with van der Waals surface area (Å²) in [4.78, 5) is 25.5. The van der Waals surface area contributed by atoms with Gasteiger partial charge in [0.05, 0.1) is 0 Å². The second-order valence-electron chi connectivity index (χ2n) is 5.84. The molecule has 0 aliphatic carbocycles. The smallest absolute Gasteiger partial charge is 0.326 e. The van der Waals surface area contributed by atoms with E-state index in [0.29, 0.717) is 6.42 Å². The number of amides is 1. The van der Waals surface area contributed by atoms with Crippen molar-refractivity contribution in [3.8, 4) is 0 Å². The number of carbonyl (C=O) groups is 2. The van der Waals surface area contributed by atoms with Gasteiger partial charge in [0.25, 0.3) is 0 Å². The Hall–Kier alpha value is -1.88. The maximum absolute atomic E-state index is 12.1. The summed E-state index contributed by atoms with van der Waals surface area (Å²) in [5, 5.41) is 11.6. The third kappa shape index (κ3) is 4.56. The van der Waals surface area contributed by atoms with Crippen molar-refractivity contribution in [2.24, 2.45) is 5.92 Å². The summed E-state index contributed by atoms with van der Waals surface area (Å²) >= 11 is 0. The van der Waals surface area contributed by atoms with Crippen molar-refractivity contribution in [1.82, 2.24) is 10.2 Å². The molecule has 1 saturated heterocycles. The first kappa shape index (κ1) is 16.5. The Kier molecular flexibility index (Phi) is 5.95. The summed E-state index contributed by atoms with van der Waals surface area (Å²) in [5.41, 5.74) is 1.28. The van der Waals surface area contributed by atoms with Crippen LogP contribution in [0.25, 0.3) is 0 Å². The van der Waals surface area contributed by atoms with Crippen molar-refractivity contribution in [2.75, 3.05) is 13.1 Å². The van der Waals surface area contributed by atoms with Crippen molar-refractivity contribution in [1.29, 1.82) is 0 Å². The molecule has 0 spiro atoms.